The Kier molecular flexibility index (Phi) is 22.2. The molecule has 1 aliphatic rings. The lowest BCUT2D eigenvalue weighted by Gasteiger charge is -2.18. The molecule has 2 aromatic carbocycles. The lowest BCUT2D eigenvalue weighted by molar-refractivity contribution is -0.158. The van der Waals surface area contributed by atoms with Gasteiger partial charge in [-0.1, -0.05) is 30.3 Å². The van der Waals surface area contributed by atoms with Crippen molar-refractivity contribution in [3.05, 3.63) is 59.8 Å². The zero-order chi connectivity index (χ0) is 46.2. The van der Waals surface area contributed by atoms with Crippen molar-refractivity contribution < 1.29 is 80.3 Å². The van der Waals surface area contributed by atoms with Crippen molar-refractivity contribution >= 4 is 42.9 Å². The number of nitrogens with zero attached hydrogens (tertiary/aromatic N) is 3. The quantitative estimate of drug-likeness (QED) is 0.0532. The van der Waals surface area contributed by atoms with Gasteiger partial charge in [-0.15, -0.1) is 0 Å². The first-order valence-corrected chi connectivity index (χ1v) is 21.8. The van der Waals surface area contributed by atoms with Crippen molar-refractivity contribution in [2.24, 2.45) is 4.99 Å². The molecule has 1 aromatic heterocycles. The van der Waals surface area contributed by atoms with Gasteiger partial charge in [-0.25, -0.2) is 14.5 Å². The number of esters is 2. The topological polar surface area (TPSA) is 257 Å². The van der Waals surface area contributed by atoms with E-state index in [-0.39, 0.29) is 96.5 Å². The maximum atomic E-state index is 12.1. The maximum Gasteiger partial charge on any atom is 0.472 e. The summed E-state index contributed by atoms with van der Waals surface area (Å²) in [5, 5.41) is 2.66. The molecule has 2 unspecified atom stereocenters. The highest BCUT2D eigenvalue weighted by atomic mass is 31.2. The molecule has 0 spiro atoms. The smallest absolute Gasteiger partial charge is 0.472 e. The van der Waals surface area contributed by atoms with E-state index in [0.717, 1.165) is 47.7 Å². The number of nitrogens with one attached hydrogen (secondary N) is 1. The Hall–Kier alpha value is -5.38. The van der Waals surface area contributed by atoms with Gasteiger partial charge in [0.15, 0.2) is 11.9 Å². The summed E-state index contributed by atoms with van der Waals surface area (Å²) in [4.78, 5) is 69.5. The summed E-state index contributed by atoms with van der Waals surface area (Å²) in [6, 6.07) is 14.0. The molecule has 1 aliphatic heterocycles. The average Bonchev–Trinajstić information content (AvgIpc) is 3.27. The molecule has 0 bridgehead atoms. The molecule has 0 saturated carbocycles. The van der Waals surface area contributed by atoms with E-state index in [1.165, 1.54) is 7.11 Å². The third-order valence-corrected chi connectivity index (χ3v) is 9.52. The van der Waals surface area contributed by atoms with Crippen LogP contribution in [0.1, 0.15) is 37.8 Å². The summed E-state index contributed by atoms with van der Waals surface area (Å²) in [7, 11) is -3.00. The number of methoxy groups -OCH3 is 1. The Bertz CT molecular complexity index is 2050. The normalized spacial score (nSPS) is 13.4. The predicted molar refractivity (Wildman–Crippen MR) is 227 cm³/mol. The van der Waals surface area contributed by atoms with Gasteiger partial charge in [0.2, 0.25) is 11.8 Å². The number of phosphoric ester groups is 1. The predicted octanol–water partition coefficient (Wildman–Crippen LogP) is 3.51. The number of Topliss-reactive ketones (excluding diaryl/α,β-unsaturated/α-hetero) is 1. The van der Waals surface area contributed by atoms with E-state index in [0.29, 0.717) is 31.3 Å². The van der Waals surface area contributed by atoms with E-state index < -0.39 is 32.5 Å². The molecule has 2 heterocycles. The fourth-order valence-electron chi connectivity index (χ4n) is 5.52. The van der Waals surface area contributed by atoms with Crippen molar-refractivity contribution in [1.29, 1.82) is 0 Å². The van der Waals surface area contributed by atoms with Gasteiger partial charge < -0.3 is 52.8 Å². The molecule has 2 N–H and O–H groups in total. The number of ketones is 1. The summed E-state index contributed by atoms with van der Waals surface area (Å²) in [6.45, 7) is 4.78. The molecule has 4 rings (SSSR count). The van der Waals surface area contributed by atoms with Gasteiger partial charge in [0, 0.05) is 33.0 Å². The van der Waals surface area contributed by atoms with Crippen LogP contribution in [-0.2, 0) is 61.2 Å². The minimum atomic E-state index is -4.53. The number of phosphoric acid groups is 1. The molecule has 350 valence electrons. The second-order valence-electron chi connectivity index (χ2n) is 13.8. The van der Waals surface area contributed by atoms with Crippen molar-refractivity contribution in [3.8, 4) is 28.8 Å². The summed E-state index contributed by atoms with van der Waals surface area (Å²) in [6.07, 6.45) is 0.636. The van der Waals surface area contributed by atoms with Gasteiger partial charge in [0.1, 0.15) is 44.5 Å². The highest BCUT2D eigenvalue weighted by Gasteiger charge is 2.25. The number of aromatic nitrogens is 2. The Morgan fingerprint density at radius 1 is 0.844 bits per heavy atom. The van der Waals surface area contributed by atoms with Gasteiger partial charge >= 0.3 is 25.8 Å². The highest BCUT2D eigenvalue weighted by Crippen LogP contribution is 2.43. The summed E-state index contributed by atoms with van der Waals surface area (Å²) >= 11 is 0. The molecule has 1 amide bonds. The van der Waals surface area contributed by atoms with Crippen molar-refractivity contribution in [2.45, 2.75) is 39.7 Å². The number of aliphatic imine (C=N–C) groups is 1. The zero-order valence-corrected chi connectivity index (χ0v) is 37.2. The zero-order valence-electron chi connectivity index (χ0n) is 36.3. The van der Waals surface area contributed by atoms with Gasteiger partial charge in [0.25, 0.3) is 0 Å². The monoisotopic (exact) mass is 918 g/mol. The first-order chi connectivity index (χ1) is 30.8. The Morgan fingerprint density at radius 3 is 2.28 bits per heavy atom. The number of hydrogen-bond donors (Lipinski definition) is 2. The van der Waals surface area contributed by atoms with Crippen molar-refractivity contribution in [2.75, 3.05) is 99.5 Å². The van der Waals surface area contributed by atoms with Crippen LogP contribution in [0.5, 0.6) is 17.6 Å². The number of benzene rings is 2. The maximum absolute atomic E-state index is 12.1. The number of hydrogen-bond acceptors (Lipinski definition) is 19. The molecule has 0 radical (unpaired) electrons. The lowest BCUT2D eigenvalue weighted by atomic mass is 10.0. The minimum Gasteiger partial charge on any atom is -0.485 e. The largest absolute Gasteiger partial charge is 0.485 e. The number of carbonyl (C=O) groups excluding carboxylic acids is 4. The molecule has 3 aromatic rings. The van der Waals surface area contributed by atoms with Gasteiger partial charge in [-0.3, -0.25) is 28.2 Å². The summed E-state index contributed by atoms with van der Waals surface area (Å²) in [5.41, 5.74) is 5.30. The van der Waals surface area contributed by atoms with E-state index in [1.807, 2.05) is 49.4 Å². The van der Waals surface area contributed by atoms with Crippen LogP contribution in [0.4, 0.5) is 5.69 Å². The molecule has 0 saturated heterocycles. The molecule has 64 heavy (non-hydrogen) atoms. The van der Waals surface area contributed by atoms with E-state index in [1.54, 1.807) is 6.20 Å². The Labute approximate surface area is 370 Å². The van der Waals surface area contributed by atoms with E-state index in [9.17, 15) is 28.6 Å². The molecular formula is C42H55N4O17P. The lowest BCUT2D eigenvalue weighted by Crippen LogP contribution is -2.31. The fraction of sp³-hybridized carbons (Fsp3) is 0.500. The Balaban J connectivity index is 0.960. The van der Waals surface area contributed by atoms with E-state index in [2.05, 4.69) is 15.3 Å². The summed E-state index contributed by atoms with van der Waals surface area (Å²) in [5.74, 6) is -0.833. The number of rotatable bonds is 31. The first kappa shape index (κ1) is 51.3. The fourth-order valence-corrected chi connectivity index (χ4v) is 6.31. The van der Waals surface area contributed by atoms with Gasteiger partial charge in [0.05, 0.1) is 71.2 Å². The molecular weight excluding hydrogens is 863 g/mol. The molecule has 0 aliphatic carbocycles. The number of ether oxygens (including phenoxy) is 9. The van der Waals surface area contributed by atoms with Crippen LogP contribution in [0.3, 0.4) is 0 Å². The second-order valence-corrected chi connectivity index (χ2v) is 15.2. The molecule has 22 heteroatoms. The average molecular weight is 919 g/mol. The number of aryl methyl sites for hydroxylation is 1. The Morgan fingerprint density at radius 2 is 1.55 bits per heavy atom. The number of carbonyl (C=O) groups is 4. The third-order valence-electron chi connectivity index (χ3n) is 8.54. The van der Waals surface area contributed by atoms with E-state index >= 15 is 0 Å². The van der Waals surface area contributed by atoms with Crippen LogP contribution in [0.15, 0.2) is 53.7 Å². The van der Waals surface area contributed by atoms with Crippen LogP contribution in [-0.4, -0.2) is 150 Å². The first-order valence-electron chi connectivity index (χ1n) is 20.3. The van der Waals surface area contributed by atoms with Gasteiger partial charge in [-0.05, 0) is 42.2 Å². The number of amides is 1. The summed E-state index contributed by atoms with van der Waals surface area (Å²) < 4.78 is 69.8. The minimum absolute atomic E-state index is 0.00160. The van der Waals surface area contributed by atoms with Crippen LogP contribution in [0.2, 0.25) is 0 Å². The SMILES string of the molecule is COc1nc(OCCOCCOCCNC(=O)COCCOCC(=O)CCCOP(=O)(O)OCC(COC(C)=O)OC(C)=O)ncc1-c1ccc(C2=Nc3cc(C)ccc3OC2)cc1. The van der Waals surface area contributed by atoms with Crippen LogP contribution in [0.25, 0.3) is 11.1 Å². The van der Waals surface area contributed by atoms with Crippen LogP contribution < -0.4 is 19.5 Å². The van der Waals surface area contributed by atoms with Gasteiger partial charge in [-0.2, -0.15) is 4.98 Å². The standard InChI is InChI=1S/C42H55N4O17P/c1-29-7-12-39-37(22-29)45-38(27-60-39)33-10-8-32(9-11-33)36-23-44-42(46-41(36)53-4)58-21-20-55-17-16-54-15-13-43-40(50)28-57-19-18-56-24-34(49)6-5-14-61-64(51,52)62-26-35(63-31(3)48)25-59-30(2)47/h7-12,22-23,35H,5-6,13-21,24-28H2,1-4H3,(H,43,50)(H,51,52). The molecule has 21 nitrogen and oxygen atoms in total. The van der Waals surface area contributed by atoms with Crippen LogP contribution in [0, 0.1) is 6.92 Å². The van der Waals surface area contributed by atoms with Crippen molar-refractivity contribution in [1.82, 2.24) is 15.3 Å². The highest BCUT2D eigenvalue weighted by molar-refractivity contribution is 7.47. The molecule has 0 fully saturated rings. The number of fused-ring (bicyclic) bond motifs is 1. The van der Waals surface area contributed by atoms with Crippen molar-refractivity contribution in [3.63, 3.8) is 0 Å². The second kappa shape index (κ2) is 27.7. The third kappa shape index (κ3) is 19.6. The van der Waals surface area contributed by atoms with E-state index in [4.69, 9.17) is 56.7 Å². The molecule has 2 atom stereocenters. The van der Waals surface area contributed by atoms with Crippen LogP contribution >= 0.6 is 7.82 Å².